The monoisotopic (exact) mass is 413 g/mol. The van der Waals surface area contributed by atoms with Crippen molar-refractivity contribution in [2.45, 2.75) is 20.3 Å². The molecule has 31 heavy (non-hydrogen) atoms. The quantitative estimate of drug-likeness (QED) is 0.462. The fourth-order valence-electron chi connectivity index (χ4n) is 2.95. The second-order valence-corrected chi connectivity index (χ2v) is 6.83. The number of benzene rings is 2. The highest BCUT2D eigenvalue weighted by Gasteiger charge is 2.11. The molecule has 0 unspecified atom stereocenters. The third-order valence-corrected chi connectivity index (χ3v) is 4.55. The normalized spacial score (nSPS) is 11.9. The third-order valence-electron chi connectivity index (χ3n) is 4.55. The summed E-state index contributed by atoms with van der Waals surface area (Å²) in [6.45, 7) is 3.81. The highest BCUT2D eigenvalue weighted by atomic mass is 19.1. The maximum atomic E-state index is 13.3. The van der Waals surface area contributed by atoms with E-state index in [0.717, 1.165) is 16.7 Å². The van der Waals surface area contributed by atoms with Crippen molar-refractivity contribution in [1.82, 2.24) is 9.97 Å². The molecule has 0 aliphatic carbocycles. The van der Waals surface area contributed by atoms with Crippen molar-refractivity contribution < 1.29 is 9.18 Å². The molecular weight excluding hydrogens is 389 g/mol. The minimum absolute atomic E-state index is 0.176. The van der Waals surface area contributed by atoms with Crippen molar-refractivity contribution in [2.24, 2.45) is 0 Å². The first-order valence-electron chi connectivity index (χ1n) is 10.0. The minimum Gasteiger partial charge on any atom is -0.309 e. The lowest BCUT2D eigenvalue weighted by molar-refractivity contribution is -0.115. The summed E-state index contributed by atoms with van der Waals surface area (Å²) in [6, 6.07) is 15.9. The van der Waals surface area contributed by atoms with Crippen LogP contribution in [0.4, 0.5) is 10.2 Å². The van der Waals surface area contributed by atoms with E-state index < -0.39 is 0 Å². The van der Waals surface area contributed by atoms with Gasteiger partial charge in [0.05, 0.1) is 18.3 Å². The molecule has 0 aliphatic heterocycles. The summed E-state index contributed by atoms with van der Waals surface area (Å²) < 4.78 is 13.3. The number of aromatic nitrogens is 2. The van der Waals surface area contributed by atoms with E-state index in [-0.39, 0.29) is 18.1 Å². The summed E-state index contributed by atoms with van der Waals surface area (Å²) in [5.41, 5.74) is 3.77. The van der Waals surface area contributed by atoms with Gasteiger partial charge < -0.3 is 5.32 Å². The van der Waals surface area contributed by atoms with E-state index in [1.165, 1.54) is 12.1 Å². The van der Waals surface area contributed by atoms with E-state index in [2.05, 4.69) is 15.3 Å². The smallest absolute Gasteiger partial charge is 0.229 e. The molecule has 0 atom stereocenters. The Morgan fingerprint density at radius 1 is 1.03 bits per heavy atom. The summed E-state index contributed by atoms with van der Waals surface area (Å²) in [5.74, 6) is -0.117. The van der Waals surface area contributed by atoms with Gasteiger partial charge in [-0.25, -0.2) is 14.4 Å². The molecule has 0 fully saturated rings. The van der Waals surface area contributed by atoms with Gasteiger partial charge in [-0.2, -0.15) is 0 Å². The summed E-state index contributed by atoms with van der Waals surface area (Å²) in [5, 5.41) is 2.86. The van der Waals surface area contributed by atoms with Crippen LogP contribution in [0.2, 0.25) is 0 Å². The van der Waals surface area contributed by atoms with Gasteiger partial charge in [0.1, 0.15) is 11.5 Å². The van der Waals surface area contributed by atoms with Crippen molar-refractivity contribution >= 4 is 23.9 Å². The van der Waals surface area contributed by atoms with Crippen molar-refractivity contribution in [3.63, 3.8) is 0 Å². The molecule has 0 bridgehead atoms. The molecule has 1 amide bonds. The number of hydrogen-bond acceptors (Lipinski definition) is 3. The number of nitrogens with zero attached hydrogens (tertiary/aromatic N) is 2. The molecule has 0 aliphatic rings. The Bertz CT molecular complexity index is 1120. The second kappa shape index (κ2) is 10.8. The van der Waals surface area contributed by atoms with Crippen LogP contribution in [0.5, 0.6) is 0 Å². The Morgan fingerprint density at radius 2 is 1.77 bits per heavy atom. The van der Waals surface area contributed by atoms with Crippen LogP contribution in [0.15, 0.2) is 84.6 Å². The molecule has 156 valence electrons. The molecule has 3 aromatic rings. The number of amides is 1. The molecule has 1 heterocycles. The van der Waals surface area contributed by atoms with Crippen LogP contribution in [0.1, 0.15) is 31.5 Å². The lowest BCUT2D eigenvalue weighted by Crippen LogP contribution is -2.14. The SMILES string of the molecule is C/C=C\C(=C/C)CC(=O)Nc1ncc(-c2ccc(F)cc2)nc1/C=C/c1ccccc1. The van der Waals surface area contributed by atoms with Crippen molar-refractivity contribution in [3.8, 4) is 11.3 Å². The summed E-state index contributed by atoms with van der Waals surface area (Å²) in [4.78, 5) is 21.6. The number of rotatable bonds is 7. The number of halogens is 1. The Morgan fingerprint density at radius 3 is 2.45 bits per heavy atom. The lowest BCUT2D eigenvalue weighted by atomic mass is 10.1. The first-order valence-corrected chi connectivity index (χ1v) is 10.0. The molecule has 3 rings (SSSR count). The first kappa shape index (κ1) is 21.8. The number of carbonyl (C=O) groups excluding carboxylic acids is 1. The van der Waals surface area contributed by atoms with Crippen LogP contribution >= 0.6 is 0 Å². The fourth-order valence-corrected chi connectivity index (χ4v) is 2.95. The Kier molecular flexibility index (Phi) is 7.60. The van der Waals surface area contributed by atoms with Gasteiger partial charge in [-0.1, -0.05) is 54.6 Å². The molecule has 4 nitrogen and oxygen atoms in total. The fraction of sp³-hybridized carbons (Fsp3) is 0.115. The van der Waals surface area contributed by atoms with Gasteiger partial charge in [0.15, 0.2) is 5.82 Å². The minimum atomic E-state index is -0.314. The van der Waals surface area contributed by atoms with Crippen LogP contribution < -0.4 is 5.32 Å². The maximum Gasteiger partial charge on any atom is 0.229 e. The van der Waals surface area contributed by atoms with Gasteiger partial charge in [0.2, 0.25) is 5.91 Å². The largest absolute Gasteiger partial charge is 0.309 e. The predicted octanol–water partition coefficient (Wildman–Crippen LogP) is 6.30. The third kappa shape index (κ3) is 6.31. The van der Waals surface area contributed by atoms with Crippen molar-refractivity contribution in [3.05, 3.63) is 102 Å². The Balaban J connectivity index is 1.92. The number of allylic oxidation sites excluding steroid dienone is 3. The van der Waals surface area contributed by atoms with E-state index in [0.29, 0.717) is 17.2 Å². The van der Waals surface area contributed by atoms with Gasteiger partial charge in [-0.3, -0.25) is 4.79 Å². The highest BCUT2D eigenvalue weighted by Crippen LogP contribution is 2.22. The average Bonchev–Trinajstić information content (AvgIpc) is 2.79. The lowest BCUT2D eigenvalue weighted by Gasteiger charge is -2.10. The van der Waals surface area contributed by atoms with Gasteiger partial charge in [0, 0.05) is 5.56 Å². The van der Waals surface area contributed by atoms with Crippen LogP contribution in [0.25, 0.3) is 23.4 Å². The van der Waals surface area contributed by atoms with Crippen LogP contribution in [-0.4, -0.2) is 15.9 Å². The summed E-state index contributed by atoms with van der Waals surface area (Å²) in [7, 11) is 0. The first-order chi connectivity index (χ1) is 15.1. The number of anilines is 1. The standard InChI is InChI=1S/C26H24FN3O/c1-3-8-19(4-2)17-25(31)30-26-23(16-11-20-9-6-5-7-10-20)29-24(18-28-26)21-12-14-22(27)15-13-21/h3-16,18H,17H2,1-2H3,(H,28,30,31)/b8-3-,16-11+,19-4+. The topological polar surface area (TPSA) is 54.9 Å². The predicted molar refractivity (Wildman–Crippen MR) is 125 cm³/mol. The molecule has 2 aromatic carbocycles. The molecule has 0 spiro atoms. The zero-order valence-corrected chi connectivity index (χ0v) is 17.5. The van der Waals surface area contributed by atoms with Gasteiger partial charge >= 0.3 is 0 Å². The van der Waals surface area contributed by atoms with E-state index >= 15 is 0 Å². The van der Waals surface area contributed by atoms with E-state index in [4.69, 9.17) is 0 Å². The second-order valence-electron chi connectivity index (χ2n) is 6.83. The average molecular weight is 413 g/mol. The zero-order valence-electron chi connectivity index (χ0n) is 17.5. The number of nitrogens with one attached hydrogen (secondary N) is 1. The van der Waals surface area contributed by atoms with Crippen molar-refractivity contribution in [1.29, 1.82) is 0 Å². The van der Waals surface area contributed by atoms with Gasteiger partial charge in [0.25, 0.3) is 0 Å². The molecule has 0 radical (unpaired) electrons. The molecular formula is C26H24FN3O. The van der Waals surface area contributed by atoms with Gasteiger partial charge in [-0.15, -0.1) is 0 Å². The number of hydrogen-bond donors (Lipinski definition) is 1. The summed E-state index contributed by atoms with van der Waals surface area (Å²) in [6.07, 6.45) is 11.2. The van der Waals surface area contributed by atoms with Crippen LogP contribution in [0, 0.1) is 5.82 Å². The van der Waals surface area contributed by atoms with Crippen LogP contribution in [-0.2, 0) is 4.79 Å². The van der Waals surface area contributed by atoms with E-state index in [9.17, 15) is 9.18 Å². The zero-order chi connectivity index (χ0) is 22.1. The Hall–Kier alpha value is -3.86. The molecule has 1 aromatic heterocycles. The number of carbonyl (C=O) groups is 1. The molecule has 1 N–H and O–H groups in total. The summed E-state index contributed by atoms with van der Waals surface area (Å²) >= 11 is 0. The molecule has 0 saturated carbocycles. The van der Waals surface area contributed by atoms with Crippen molar-refractivity contribution in [2.75, 3.05) is 5.32 Å². The highest BCUT2D eigenvalue weighted by molar-refractivity contribution is 5.94. The molecule has 0 saturated heterocycles. The van der Waals surface area contributed by atoms with Gasteiger partial charge in [-0.05, 0) is 55.3 Å². The van der Waals surface area contributed by atoms with E-state index in [1.807, 2.05) is 74.6 Å². The Labute approximate surface area is 181 Å². The molecule has 5 heteroatoms. The van der Waals surface area contributed by atoms with E-state index in [1.54, 1.807) is 18.3 Å². The van der Waals surface area contributed by atoms with Crippen LogP contribution in [0.3, 0.4) is 0 Å². The maximum absolute atomic E-state index is 13.3.